The molecule has 2 rings (SSSR count). The lowest BCUT2D eigenvalue weighted by atomic mass is 9.94. The maximum Gasteiger partial charge on any atom is 0.247 e. The molecule has 0 N–H and O–H groups in total. The van der Waals surface area contributed by atoms with Crippen molar-refractivity contribution in [3.8, 4) is 6.07 Å². The Morgan fingerprint density at radius 2 is 1.67 bits per heavy atom. The Morgan fingerprint density at radius 1 is 1.10 bits per heavy atom. The van der Waals surface area contributed by atoms with E-state index in [1.54, 1.807) is 17.0 Å². The van der Waals surface area contributed by atoms with Crippen molar-refractivity contribution in [3.63, 3.8) is 0 Å². The lowest BCUT2D eigenvalue weighted by Gasteiger charge is -2.28. The Labute approximate surface area is 125 Å². The van der Waals surface area contributed by atoms with Crippen LogP contribution in [0.3, 0.4) is 0 Å². The zero-order valence-electron chi connectivity index (χ0n) is 12.6. The molecule has 1 aliphatic rings. The molecule has 0 unspecified atom stereocenters. The van der Waals surface area contributed by atoms with E-state index < -0.39 is 5.92 Å². The van der Waals surface area contributed by atoms with Crippen LogP contribution in [0.1, 0.15) is 40.7 Å². The lowest BCUT2D eigenvalue weighted by Crippen LogP contribution is -2.41. The molecular weight excluding hydrogens is 264 g/mol. The molecule has 4 nitrogen and oxygen atoms in total. The van der Waals surface area contributed by atoms with Gasteiger partial charge in [-0.25, -0.2) is 0 Å². The average molecular weight is 284 g/mol. The summed E-state index contributed by atoms with van der Waals surface area (Å²) in [5, 5.41) is 9.28. The average Bonchev–Trinajstić information content (AvgIpc) is 2.47. The highest BCUT2D eigenvalue weighted by molar-refractivity contribution is 6.12. The van der Waals surface area contributed by atoms with Gasteiger partial charge in [0.2, 0.25) is 5.91 Å². The van der Waals surface area contributed by atoms with E-state index in [-0.39, 0.29) is 11.7 Å². The van der Waals surface area contributed by atoms with Crippen LogP contribution in [0.5, 0.6) is 0 Å². The molecule has 1 aromatic rings. The lowest BCUT2D eigenvalue weighted by molar-refractivity contribution is -0.133. The number of Topliss-reactive ketones (excluding diaryl/α,β-unsaturated/α-hetero) is 1. The summed E-state index contributed by atoms with van der Waals surface area (Å²) < 4.78 is 0. The quantitative estimate of drug-likeness (QED) is 0.633. The predicted molar refractivity (Wildman–Crippen MR) is 79.8 cm³/mol. The number of piperidine rings is 1. The third kappa shape index (κ3) is 3.49. The minimum Gasteiger partial charge on any atom is -0.341 e. The number of aryl methyl sites for hydroxylation is 2. The van der Waals surface area contributed by atoms with Gasteiger partial charge in [-0.05, 0) is 45.2 Å². The van der Waals surface area contributed by atoms with E-state index in [1.807, 2.05) is 26.0 Å². The standard InChI is InChI=1S/C17H20N2O2/c1-12-8-13(2)10-14(9-12)16(20)15(11-18)17(21)19-6-4-3-5-7-19/h8-10,15H,3-7H2,1-2H3/t15-/m0/s1. The minimum atomic E-state index is -1.22. The first-order valence-electron chi connectivity index (χ1n) is 7.34. The molecule has 0 radical (unpaired) electrons. The summed E-state index contributed by atoms with van der Waals surface area (Å²) in [7, 11) is 0. The highest BCUT2D eigenvalue weighted by Gasteiger charge is 2.32. The number of nitrogens with zero attached hydrogens (tertiary/aromatic N) is 2. The van der Waals surface area contributed by atoms with Crippen molar-refractivity contribution in [2.45, 2.75) is 33.1 Å². The maximum absolute atomic E-state index is 12.5. The van der Waals surface area contributed by atoms with Gasteiger partial charge in [0, 0.05) is 18.7 Å². The fourth-order valence-corrected chi connectivity index (χ4v) is 2.81. The van der Waals surface area contributed by atoms with Crippen molar-refractivity contribution in [2.24, 2.45) is 5.92 Å². The number of rotatable bonds is 3. The van der Waals surface area contributed by atoms with Gasteiger partial charge in [0.25, 0.3) is 0 Å². The van der Waals surface area contributed by atoms with Gasteiger partial charge in [-0.1, -0.05) is 17.2 Å². The van der Waals surface area contributed by atoms with Crippen LogP contribution in [0.25, 0.3) is 0 Å². The minimum absolute atomic E-state index is 0.346. The summed E-state index contributed by atoms with van der Waals surface area (Å²) in [6.07, 6.45) is 3.00. The molecule has 0 spiro atoms. The first-order valence-corrected chi connectivity index (χ1v) is 7.34. The normalized spacial score (nSPS) is 16.1. The molecule has 1 aliphatic heterocycles. The van der Waals surface area contributed by atoms with Crippen LogP contribution in [0.2, 0.25) is 0 Å². The van der Waals surface area contributed by atoms with Gasteiger partial charge >= 0.3 is 0 Å². The molecule has 21 heavy (non-hydrogen) atoms. The van der Waals surface area contributed by atoms with Crippen LogP contribution in [0.4, 0.5) is 0 Å². The van der Waals surface area contributed by atoms with E-state index in [9.17, 15) is 14.9 Å². The molecule has 1 heterocycles. The number of ketones is 1. The van der Waals surface area contributed by atoms with E-state index in [4.69, 9.17) is 0 Å². The topological polar surface area (TPSA) is 61.2 Å². The zero-order valence-corrected chi connectivity index (χ0v) is 12.6. The van der Waals surface area contributed by atoms with Gasteiger partial charge in [0.15, 0.2) is 11.7 Å². The van der Waals surface area contributed by atoms with Crippen LogP contribution in [-0.4, -0.2) is 29.7 Å². The fourth-order valence-electron chi connectivity index (χ4n) is 2.81. The van der Waals surface area contributed by atoms with Gasteiger partial charge < -0.3 is 4.90 Å². The third-order valence-corrected chi connectivity index (χ3v) is 3.81. The van der Waals surface area contributed by atoms with Gasteiger partial charge in [0.1, 0.15) is 0 Å². The first-order chi connectivity index (χ1) is 10.0. The van der Waals surface area contributed by atoms with Crippen LogP contribution in [-0.2, 0) is 4.79 Å². The van der Waals surface area contributed by atoms with Crippen LogP contribution in [0, 0.1) is 31.1 Å². The largest absolute Gasteiger partial charge is 0.341 e. The van der Waals surface area contributed by atoms with Gasteiger partial charge in [-0.15, -0.1) is 0 Å². The van der Waals surface area contributed by atoms with E-state index >= 15 is 0 Å². The van der Waals surface area contributed by atoms with E-state index in [0.29, 0.717) is 18.7 Å². The maximum atomic E-state index is 12.5. The van der Waals surface area contributed by atoms with Crippen molar-refractivity contribution in [2.75, 3.05) is 13.1 Å². The van der Waals surface area contributed by atoms with Crippen molar-refractivity contribution in [3.05, 3.63) is 34.9 Å². The predicted octanol–water partition coefficient (Wildman–Crippen LogP) is 2.64. The van der Waals surface area contributed by atoms with E-state index in [1.165, 1.54) is 0 Å². The Balaban J connectivity index is 2.22. The summed E-state index contributed by atoms with van der Waals surface area (Å²) in [5.74, 6) is -1.95. The summed E-state index contributed by atoms with van der Waals surface area (Å²) in [4.78, 5) is 26.5. The van der Waals surface area contributed by atoms with Crippen molar-refractivity contribution in [1.29, 1.82) is 5.26 Å². The number of likely N-dealkylation sites (tertiary alicyclic amines) is 1. The summed E-state index contributed by atoms with van der Waals surface area (Å²) in [6, 6.07) is 7.34. The summed E-state index contributed by atoms with van der Waals surface area (Å²) in [5.41, 5.74) is 2.37. The second-order valence-corrected chi connectivity index (χ2v) is 5.69. The molecule has 0 aromatic heterocycles. The number of carbonyl (C=O) groups excluding carboxylic acids is 2. The van der Waals surface area contributed by atoms with Gasteiger partial charge in [-0.2, -0.15) is 5.26 Å². The molecule has 1 saturated heterocycles. The molecule has 4 heteroatoms. The molecule has 1 aromatic carbocycles. The third-order valence-electron chi connectivity index (χ3n) is 3.81. The number of benzene rings is 1. The highest BCUT2D eigenvalue weighted by atomic mass is 16.2. The van der Waals surface area contributed by atoms with Crippen LogP contribution in [0.15, 0.2) is 18.2 Å². The van der Waals surface area contributed by atoms with Crippen molar-refractivity contribution >= 4 is 11.7 Å². The second-order valence-electron chi connectivity index (χ2n) is 5.69. The number of hydrogen-bond donors (Lipinski definition) is 0. The molecule has 0 bridgehead atoms. The Morgan fingerprint density at radius 3 is 2.19 bits per heavy atom. The Bertz CT molecular complexity index is 575. The highest BCUT2D eigenvalue weighted by Crippen LogP contribution is 2.18. The van der Waals surface area contributed by atoms with Gasteiger partial charge in [-0.3, -0.25) is 9.59 Å². The molecule has 0 aliphatic carbocycles. The summed E-state index contributed by atoms with van der Waals surface area (Å²) in [6.45, 7) is 5.10. The first kappa shape index (κ1) is 15.2. The molecule has 110 valence electrons. The summed E-state index contributed by atoms with van der Waals surface area (Å²) >= 11 is 0. The molecular formula is C17H20N2O2. The molecule has 1 fully saturated rings. The van der Waals surface area contributed by atoms with E-state index in [0.717, 1.165) is 30.4 Å². The number of carbonyl (C=O) groups is 2. The Hall–Kier alpha value is -2.15. The second kappa shape index (κ2) is 6.53. The number of hydrogen-bond acceptors (Lipinski definition) is 3. The monoisotopic (exact) mass is 284 g/mol. The molecule has 1 atom stereocenters. The van der Waals surface area contributed by atoms with Crippen molar-refractivity contribution < 1.29 is 9.59 Å². The van der Waals surface area contributed by atoms with Crippen LogP contribution >= 0.6 is 0 Å². The van der Waals surface area contributed by atoms with E-state index in [2.05, 4.69) is 0 Å². The zero-order chi connectivity index (χ0) is 15.4. The smallest absolute Gasteiger partial charge is 0.247 e. The SMILES string of the molecule is Cc1cc(C)cc(C(=O)[C@H](C#N)C(=O)N2CCCCC2)c1. The Kier molecular flexibility index (Phi) is 4.74. The number of nitriles is 1. The van der Waals surface area contributed by atoms with Crippen molar-refractivity contribution in [1.82, 2.24) is 4.90 Å². The molecule has 0 saturated carbocycles. The van der Waals surface area contributed by atoms with Crippen LogP contribution < -0.4 is 0 Å². The van der Waals surface area contributed by atoms with Gasteiger partial charge in [0.05, 0.1) is 6.07 Å². The molecule has 1 amide bonds. The fraction of sp³-hybridized carbons (Fsp3) is 0.471. The number of amides is 1.